The minimum Gasteiger partial charge on any atom is -0.444 e. The van der Waals surface area contributed by atoms with Crippen molar-refractivity contribution in [3.63, 3.8) is 0 Å². The molecule has 1 rings (SSSR count). The summed E-state index contributed by atoms with van der Waals surface area (Å²) in [4.78, 5) is 15.7. The molecular formula is C18H34N4O2. The fourth-order valence-corrected chi connectivity index (χ4v) is 2.49. The first-order valence-corrected chi connectivity index (χ1v) is 9.00. The lowest BCUT2D eigenvalue weighted by Gasteiger charge is -2.19. The summed E-state index contributed by atoms with van der Waals surface area (Å²) < 4.78 is 5.19. The lowest BCUT2D eigenvalue weighted by Crippen LogP contribution is -2.39. The lowest BCUT2D eigenvalue weighted by molar-refractivity contribution is 0.0527. The van der Waals surface area contributed by atoms with E-state index in [0.717, 1.165) is 31.9 Å². The van der Waals surface area contributed by atoms with Crippen molar-refractivity contribution in [2.75, 3.05) is 26.7 Å². The van der Waals surface area contributed by atoms with Gasteiger partial charge in [-0.3, -0.25) is 4.99 Å². The van der Waals surface area contributed by atoms with Gasteiger partial charge in [0, 0.05) is 26.7 Å². The molecule has 1 amide bonds. The summed E-state index contributed by atoms with van der Waals surface area (Å²) >= 11 is 0. The van der Waals surface area contributed by atoms with Crippen molar-refractivity contribution in [1.82, 2.24) is 16.0 Å². The average molecular weight is 338 g/mol. The van der Waals surface area contributed by atoms with E-state index in [1.54, 1.807) is 12.6 Å². The SMILES string of the molecule is CN=C(NCCCNC(=O)OC(C)(C)C)NCCC1=CCCCC1. The Morgan fingerprint density at radius 3 is 2.50 bits per heavy atom. The Morgan fingerprint density at radius 2 is 1.88 bits per heavy atom. The fourth-order valence-electron chi connectivity index (χ4n) is 2.49. The van der Waals surface area contributed by atoms with Crippen LogP contribution in [0.25, 0.3) is 0 Å². The average Bonchev–Trinajstić information content (AvgIpc) is 2.52. The van der Waals surface area contributed by atoms with Crippen LogP contribution in [0, 0.1) is 0 Å². The smallest absolute Gasteiger partial charge is 0.407 e. The molecule has 0 saturated heterocycles. The molecule has 0 fully saturated rings. The van der Waals surface area contributed by atoms with Gasteiger partial charge in [-0.1, -0.05) is 11.6 Å². The highest BCUT2D eigenvalue weighted by atomic mass is 16.6. The van der Waals surface area contributed by atoms with E-state index >= 15 is 0 Å². The zero-order valence-electron chi connectivity index (χ0n) is 15.7. The summed E-state index contributed by atoms with van der Waals surface area (Å²) in [5.41, 5.74) is 1.10. The van der Waals surface area contributed by atoms with Crippen molar-refractivity contribution in [2.45, 2.75) is 64.9 Å². The van der Waals surface area contributed by atoms with Gasteiger partial charge in [0.25, 0.3) is 0 Å². The third kappa shape index (κ3) is 10.1. The van der Waals surface area contributed by atoms with Crippen LogP contribution in [0.4, 0.5) is 4.79 Å². The molecule has 0 saturated carbocycles. The third-order valence-corrected chi connectivity index (χ3v) is 3.66. The number of ether oxygens (including phenoxy) is 1. The number of aliphatic imine (C=N–C) groups is 1. The van der Waals surface area contributed by atoms with Gasteiger partial charge in [-0.25, -0.2) is 4.79 Å². The number of carbonyl (C=O) groups is 1. The molecule has 0 aromatic heterocycles. The molecule has 1 aliphatic rings. The van der Waals surface area contributed by atoms with Crippen molar-refractivity contribution in [1.29, 1.82) is 0 Å². The van der Waals surface area contributed by atoms with Crippen LogP contribution in [0.2, 0.25) is 0 Å². The zero-order chi connectivity index (χ0) is 17.8. The molecule has 6 nitrogen and oxygen atoms in total. The number of hydrogen-bond donors (Lipinski definition) is 3. The Hall–Kier alpha value is -1.72. The second-order valence-electron chi connectivity index (χ2n) is 7.07. The molecule has 0 unspecified atom stereocenters. The molecule has 0 aliphatic heterocycles. The Kier molecular flexibility index (Phi) is 9.27. The second kappa shape index (κ2) is 10.9. The Bertz CT molecular complexity index is 439. The van der Waals surface area contributed by atoms with Gasteiger partial charge in [0.2, 0.25) is 0 Å². The van der Waals surface area contributed by atoms with Crippen LogP contribution in [-0.4, -0.2) is 44.3 Å². The second-order valence-corrected chi connectivity index (χ2v) is 7.07. The van der Waals surface area contributed by atoms with E-state index < -0.39 is 5.60 Å². The summed E-state index contributed by atoms with van der Waals surface area (Å²) in [6, 6.07) is 0. The van der Waals surface area contributed by atoms with E-state index in [1.165, 1.54) is 25.7 Å². The maximum absolute atomic E-state index is 11.5. The van der Waals surface area contributed by atoms with E-state index in [4.69, 9.17) is 4.74 Å². The van der Waals surface area contributed by atoms with E-state index in [9.17, 15) is 4.79 Å². The number of carbonyl (C=O) groups excluding carboxylic acids is 1. The number of amides is 1. The van der Waals surface area contributed by atoms with Gasteiger partial charge in [-0.05, 0) is 59.3 Å². The molecule has 0 heterocycles. The standard InChI is InChI=1S/C18H34N4O2/c1-18(2,3)24-17(23)22-13-8-12-20-16(19-4)21-14-11-15-9-6-5-7-10-15/h9H,5-8,10-14H2,1-4H3,(H,22,23)(H2,19,20,21). The van der Waals surface area contributed by atoms with Crippen LogP contribution in [0.1, 0.15) is 59.3 Å². The number of nitrogens with one attached hydrogen (secondary N) is 3. The molecule has 6 heteroatoms. The largest absolute Gasteiger partial charge is 0.444 e. The van der Waals surface area contributed by atoms with E-state index in [-0.39, 0.29) is 6.09 Å². The monoisotopic (exact) mass is 338 g/mol. The minimum absolute atomic E-state index is 0.370. The number of guanidine groups is 1. The van der Waals surface area contributed by atoms with Crippen molar-refractivity contribution in [3.8, 4) is 0 Å². The first-order valence-electron chi connectivity index (χ1n) is 9.00. The Labute approximate surface area is 146 Å². The quantitative estimate of drug-likeness (QED) is 0.289. The summed E-state index contributed by atoms with van der Waals surface area (Å²) in [5.74, 6) is 0.809. The van der Waals surface area contributed by atoms with Crippen LogP contribution in [0.5, 0.6) is 0 Å². The van der Waals surface area contributed by atoms with Gasteiger partial charge in [0.05, 0.1) is 0 Å². The number of hydrogen-bond acceptors (Lipinski definition) is 3. The van der Waals surface area contributed by atoms with Gasteiger partial charge in [0.15, 0.2) is 5.96 Å². The maximum Gasteiger partial charge on any atom is 0.407 e. The molecule has 138 valence electrons. The van der Waals surface area contributed by atoms with Crippen molar-refractivity contribution in [3.05, 3.63) is 11.6 Å². The first kappa shape index (κ1) is 20.3. The van der Waals surface area contributed by atoms with Crippen LogP contribution < -0.4 is 16.0 Å². The number of rotatable bonds is 7. The molecule has 0 radical (unpaired) electrons. The summed E-state index contributed by atoms with van der Waals surface area (Å²) in [6.07, 6.45) is 9.03. The third-order valence-electron chi connectivity index (χ3n) is 3.66. The highest BCUT2D eigenvalue weighted by molar-refractivity contribution is 5.79. The lowest BCUT2D eigenvalue weighted by atomic mass is 9.97. The molecular weight excluding hydrogens is 304 g/mol. The van der Waals surface area contributed by atoms with Crippen molar-refractivity contribution in [2.24, 2.45) is 4.99 Å². The molecule has 3 N–H and O–H groups in total. The van der Waals surface area contributed by atoms with Gasteiger partial charge in [0.1, 0.15) is 5.60 Å². The molecule has 0 atom stereocenters. The van der Waals surface area contributed by atoms with Crippen molar-refractivity contribution < 1.29 is 9.53 Å². The maximum atomic E-state index is 11.5. The van der Waals surface area contributed by atoms with Crippen LogP contribution in [0.15, 0.2) is 16.6 Å². The number of nitrogens with zero attached hydrogens (tertiary/aromatic N) is 1. The van der Waals surface area contributed by atoms with Gasteiger partial charge in [-0.15, -0.1) is 0 Å². The first-order chi connectivity index (χ1) is 11.4. The fraction of sp³-hybridized carbons (Fsp3) is 0.778. The molecule has 0 aromatic carbocycles. The van der Waals surface area contributed by atoms with Crippen LogP contribution in [-0.2, 0) is 4.74 Å². The van der Waals surface area contributed by atoms with Gasteiger partial charge < -0.3 is 20.7 Å². The number of allylic oxidation sites excluding steroid dienone is 1. The van der Waals surface area contributed by atoms with Gasteiger partial charge in [-0.2, -0.15) is 0 Å². The van der Waals surface area contributed by atoms with Crippen LogP contribution >= 0.6 is 0 Å². The summed E-state index contributed by atoms with van der Waals surface area (Å²) in [7, 11) is 1.77. The van der Waals surface area contributed by atoms with E-state index in [2.05, 4.69) is 27.0 Å². The molecule has 0 bridgehead atoms. The van der Waals surface area contributed by atoms with Crippen molar-refractivity contribution >= 4 is 12.1 Å². The molecule has 24 heavy (non-hydrogen) atoms. The summed E-state index contributed by atoms with van der Waals surface area (Å²) in [6.45, 7) is 7.79. The van der Waals surface area contributed by atoms with E-state index in [1.807, 2.05) is 20.8 Å². The highest BCUT2D eigenvalue weighted by Gasteiger charge is 2.15. The highest BCUT2D eigenvalue weighted by Crippen LogP contribution is 2.19. The zero-order valence-corrected chi connectivity index (χ0v) is 15.7. The van der Waals surface area contributed by atoms with Gasteiger partial charge >= 0.3 is 6.09 Å². The predicted octanol–water partition coefficient (Wildman–Crippen LogP) is 2.96. The van der Waals surface area contributed by atoms with Crippen LogP contribution in [0.3, 0.4) is 0 Å². The Balaban J connectivity index is 2.07. The topological polar surface area (TPSA) is 74.8 Å². The predicted molar refractivity (Wildman–Crippen MR) is 99.4 cm³/mol. The Morgan fingerprint density at radius 1 is 1.17 bits per heavy atom. The number of alkyl carbamates (subject to hydrolysis) is 1. The molecule has 0 spiro atoms. The van der Waals surface area contributed by atoms with E-state index in [0.29, 0.717) is 6.54 Å². The minimum atomic E-state index is -0.456. The summed E-state index contributed by atoms with van der Waals surface area (Å²) in [5, 5.41) is 9.34. The normalized spacial score (nSPS) is 15.5. The molecule has 0 aromatic rings. The molecule has 1 aliphatic carbocycles.